The molecule has 1 unspecified atom stereocenters. The monoisotopic (exact) mass is 333 g/mol. The molecule has 1 aromatic rings. The minimum absolute atomic E-state index is 0.00276. The third kappa shape index (κ3) is 5.03. The Morgan fingerprint density at radius 1 is 1.29 bits per heavy atom. The van der Waals surface area contributed by atoms with Crippen LogP contribution in [0.1, 0.15) is 51.0 Å². The predicted octanol–water partition coefficient (Wildman–Crippen LogP) is 3.25. The van der Waals surface area contributed by atoms with E-state index in [2.05, 4.69) is 5.32 Å². The molecular weight excluding hydrogens is 306 g/mol. The Morgan fingerprint density at radius 2 is 1.92 bits per heavy atom. The zero-order chi connectivity index (χ0) is 17.5. The van der Waals surface area contributed by atoms with Crippen LogP contribution >= 0.6 is 0 Å². The Labute approximate surface area is 143 Å². The number of nitro benzene ring substituents is 1. The lowest BCUT2D eigenvalue weighted by molar-refractivity contribution is -0.385. The van der Waals surface area contributed by atoms with Crippen LogP contribution < -0.4 is 5.32 Å². The van der Waals surface area contributed by atoms with Crippen LogP contribution in [0.4, 0.5) is 5.69 Å². The summed E-state index contributed by atoms with van der Waals surface area (Å²) in [4.78, 5) is 25.1. The van der Waals surface area contributed by atoms with Crippen LogP contribution in [0.25, 0.3) is 0 Å². The average molecular weight is 333 g/mol. The summed E-state index contributed by atoms with van der Waals surface area (Å²) >= 11 is 0. The Morgan fingerprint density at radius 3 is 2.54 bits per heavy atom. The lowest BCUT2D eigenvalue weighted by Crippen LogP contribution is -2.46. The molecule has 1 amide bonds. The fourth-order valence-corrected chi connectivity index (χ4v) is 3.17. The summed E-state index contributed by atoms with van der Waals surface area (Å²) in [5.41, 5.74) is 0.722. The van der Waals surface area contributed by atoms with E-state index in [0.717, 1.165) is 12.8 Å². The summed E-state index contributed by atoms with van der Waals surface area (Å²) in [7, 11) is 1.83. The Balaban J connectivity index is 1.94. The zero-order valence-corrected chi connectivity index (χ0v) is 14.5. The fourth-order valence-electron chi connectivity index (χ4n) is 3.17. The predicted molar refractivity (Wildman–Crippen MR) is 93.7 cm³/mol. The number of carbonyl (C=O) groups excluding carboxylic acids is 1. The number of benzene rings is 1. The first-order valence-corrected chi connectivity index (χ1v) is 8.72. The highest BCUT2D eigenvalue weighted by atomic mass is 16.6. The largest absolute Gasteiger partial charge is 0.352 e. The van der Waals surface area contributed by atoms with Crippen molar-refractivity contribution in [1.82, 2.24) is 10.2 Å². The number of hydrogen-bond donors (Lipinski definition) is 1. The molecule has 0 bridgehead atoms. The number of para-hydroxylation sites is 1. The minimum Gasteiger partial charge on any atom is -0.352 e. The van der Waals surface area contributed by atoms with Gasteiger partial charge in [0.05, 0.1) is 11.0 Å². The number of likely N-dealkylation sites (N-methyl/N-ethyl adjacent to an activating group) is 1. The smallest absolute Gasteiger partial charge is 0.273 e. The molecule has 1 aromatic carbocycles. The molecule has 1 aliphatic carbocycles. The van der Waals surface area contributed by atoms with Crippen molar-refractivity contribution in [2.24, 2.45) is 0 Å². The van der Waals surface area contributed by atoms with E-state index in [1.165, 1.54) is 31.7 Å². The molecular formula is C18H27N3O3. The first-order chi connectivity index (χ1) is 11.5. The maximum Gasteiger partial charge on any atom is 0.273 e. The molecule has 1 fully saturated rings. The molecule has 1 atom stereocenters. The van der Waals surface area contributed by atoms with E-state index in [1.54, 1.807) is 18.2 Å². The third-order valence-corrected chi connectivity index (χ3v) is 4.85. The van der Waals surface area contributed by atoms with E-state index < -0.39 is 0 Å². The zero-order valence-electron chi connectivity index (χ0n) is 14.5. The molecule has 0 heterocycles. The molecule has 2 rings (SSSR count). The summed E-state index contributed by atoms with van der Waals surface area (Å²) in [6.45, 7) is 2.22. The Hall–Kier alpha value is -1.95. The molecule has 0 aliphatic heterocycles. The molecule has 1 aliphatic rings. The van der Waals surface area contributed by atoms with Crippen LogP contribution in [0.2, 0.25) is 0 Å². The highest BCUT2D eigenvalue weighted by Gasteiger charge is 2.23. The number of amides is 1. The Bertz CT molecular complexity index is 568. The van der Waals surface area contributed by atoms with Crippen molar-refractivity contribution in [3.63, 3.8) is 0 Å². The van der Waals surface area contributed by atoms with E-state index in [-0.39, 0.29) is 28.6 Å². The van der Waals surface area contributed by atoms with Crippen molar-refractivity contribution < 1.29 is 9.72 Å². The van der Waals surface area contributed by atoms with Crippen LogP contribution in [0, 0.1) is 10.1 Å². The molecule has 1 saturated carbocycles. The lowest BCUT2D eigenvalue weighted by atomic mass is 10.1. The van der Waals surface area contributed by atoms with Gasteiger partial charge in [0, 0.05) is 24.2 Å². The summed E-state index contributed by atoms with van der Waals surface area (Å²) < 4.78 is 0. The van der Waals surface area contributed by atoms with E-state index in [9.17, 15) is 14.9 Å². The quantitative estimate of drug-likeness (QED) is 0.492. The summed E-state index contributed by atoms with van der Waals surface area (Å²) in [6, 6.07) is 6.62. The van der Waals surface area contributed by atoms with Crippen LogP contribution in [-0.2, 0) is 11.3 Å². The second kappa shape index (κ2) is 8.78. The van der Waals surface area contributed by atoms with Crippen LogP contribution in [0.5, 0.6) is 0 Å². The van der Waals surface area contributed by atoms with Crippen molar-refractivity contribution in [3.05, 3.63) is 39.9 Å². The van der Waals surface area contributed by atoms with Crippen LogP contribution in [0.3, 0.4) is 0 Å². The molecule has 0 radical (unpaired) electrons. The van der Waals surface area contributed by atoms with E-state index >= 15 is 0 Å². The van der Waals surface area contributed by atoms with Crippen LogP contribution in [-0.4, -0.2) is 34.9 Å². The van der Waals surface area contributed by atoms with Crippen molar-refractivity contribution in [2.75, 3.05) is 7.05 Å². The van der Waals surface area contributed by atoms with Gasteiger partial charge in [-0.25, -0.2) is 0 Å². The van der Waals surface area contributed by atoms with E-state index in [1.807, 2.05) is 18.9 Å². The van der Waals surface area contributed by atoms with Gasteiger partial charge in [-0.1, -0.05) is 43.9 Å². The van der Waals surface area contributed by atoms with E-state index in [4.69, 9.17) is 0 Å². The fraction of sp³-hybridized carbons (Fsp3) is 0.611. The average Bonchev–Trinajstić information content (AvgIpc) is 2.83. The molecule has 6 nitrogen and oxygen atoms in total. The van der Waals surface area contributed by atoms with E-state index in [0.29, 0.717) is 12.1 Å². The second-order valence-electron chi connectivity index (χ2n) is 6.67. The molecule has 0 saturated heterocycles. The van der Waals surface area contributed by atoms with Gasteiger partial charge < -0.3 is 5.32 Å². The van der Waals surface area contributed by atoms with Crippen molar-refractivity contribution >= 4 is 11.6 Å². The first kappa shape index (κ1) is 18.4. The van der Waals surface area contributed by atoms with Gasteiger partial charge in [0.2, 0.25) is 5.91 Å². The van der Waals surface area contributed by atoms with Gasteiger partial charge in [0.15, 0.2) is 0 Å². The molecule has 1 N–H and O–H groups in total. The number of nitrogens with zero attached hydrogens (tertiary/aromatic N) is 2. The topological polar surface area (TPSA) is 75.5 Å². The van der Waals surface area contributed by atoms with Crippen molar-refractivity contribution in [2.45, 2.75) is 64.1 Å². The maximum atomic E-state index is 12.5. The number of nitro groups is 1. The van der Waals surface area contributed by atoms with Crippen molar-refractivity contribution in [3.8, 4) is 0 Å². The standard InChI is InChI=1S/C18H27N3O3/c1-14(18(22)19-16-10-5-3-4-6-11-16)20(2)13-15-9-7-8-12-17(15)21(23)24/h7-9,12,14,16H,3-6,10-11,13H2,1-2H3,(H,19,22). The molecule has 24 heavy (non-hydrogen) atoms. The molecule has 132 valence electrons. The third-order valence-electron chi connectivity index (χ3n) is 4.85. The van der Waals surface area contributed by atoms with Crippen molar-refractivity contribution in [1.29, 1.82) is 0 Å². The second-order valence-corrected chi connectivity index (χ2v) is 6.67. The summed E-state index contributed by atoms with van der Waals surface area (Å²) in [6.07, 6.45) is 6.94. The number of rotatable bonds is 6. The normalized spacial score (nSPS) is 17.3. The summed E-state index contributed by atoms with van der Waals surface area (Å²) in [5.74, 6) is 0.00276. The maximum absolute atomic E-state index is 12.5. The SMILES string of the molecule is CC(C(=O)NC1CCCCCC1)N(C)Cc1ccccc1[N+](=O)[O-]. The van der Waals surface area contributed by atoms with Gasteiger partial charge in [0.25, 0.3) is 5.69 Å². The lowest BCUT2D eigenvalue weighted by Gasteiger charge is -2.26. The molecule has 0 spiro atoms. The number of nitrogens with one attached hydrogen (secondary N) is 1. The molecule has 0 aromatic heterocycles. The van der Waals surface area contributed by atoms with Gasteiger partial charge in [-0.15, -0.1) is 0 Å². The summed E-state index contributed by atoms with van der Waals surface area (Å²) in [5, 5.41) is 14.3. The molecule has 6 heteroatoms. The van der Waals surface area contributed by atoms with Gasteiger partial charge in [-0.05, 0) is 26.8 Å². The highest BCUT2D eigenvalue weighted by Crippen LogP contribution is 2.20. The van der Waals surface area contributed by atoms with Gasteiger partial charge in [-0.2, -0.15) is 0 Å². The van der Waals surface area contributed by atoms with Gasteiger partial charge in [0.1, 0.15) is 0 Å². The minimum atomic E-state index is -0.376. The first-order valence-electron chi connectivity index (χ1n) is 8.72. The van der Waals surface area contributed by atoms with Crippen LogP contribution in [0.15, 0.2) is 24.3 Å². The Kier molecular flexibility index (Phi) is 6.73. The van der Waals surface area contributed by atoms with Gasteiger partial charge in [-0.3, -0.25) is 19.8 Å². The number of hydrogen-bond acceptors (Lipinski definition) is 4. The highest BCUT2D eigenvalue weighted by molar-refractivity contribution is 5.81. The van der Waals surface area contributed by atoms with Gasteiger partial charge >= 0.3 is 0 Å². The number of carbonyl (C=O) groups is 1.